The summed E-state index contributed by atoms with van der Waals surface area (Å²) < 4.78 is 0.939. The Kier molecular flexibility index (Phi) is 2.33. The number of nitrogens with zero attached hydrogens (tertiary/aromatic N) is 1. The van der Waals surface area contributed by atoms with Gasteiger partial charge in [0.05, 0.1) is 15.0 Å². The summed E-state index contributed by atoms with van der Waals surface area (Å²) in [5, 5.41) is 9.55. The fourth-order valence-corrected chi connectivity index (χ4v) is 2.17. The quantitative estimate of drug-likeness (QED) is 0.849. The van der Waals surface area contributed by atoms with Crippen molar-refractivity contribution in [1.29, 1.82) is 0 Å². The standard InChI is InChI=1S/C9H6BrNOS/c10-9-8(11-5-13-9)6-3-1-2-4-7(6)12/h1-5,12H. The Hall–Kier alpha value is -0.870. The molecule has 13 heavy (non-hydrogen) atoms. The maximum atomic E-state index is 9.55. The van der Waals surface area contributed by atoms with Gasteiger partial charge in [-0.1, -0.05) is 12.1 Å². The van der Waals surface area contributed by atoms with E-state index >= 15 is 0 Å². The van der Waals surface area contributed by atoms with E-state index in [1.165, 1.54) is 11.3 Å². The second-order valence-corrected chi connectivity index (χ2v) is 4.66. The summed E-state index contributed by atoms with van der Waals surface area (Å²) in [6.07, 6.45) is 0. The minimum absolute atomic E-state index is 0.258. The van der Waals surface area contributed by atoms with Gasteiger partial charge in [0.2, 0.25) is 0 Å². The molecule has 0 fully saturated rings. The Morgan fingerprint density at radius 2 is 2.08 bits per heavy atom. The Morgan fingerprint density at radius 1 is 1.31 bits per heavy atom. The van der Waals surface area contributed by atoms with E-state index in [9.17, 15) is 5.11 Å². The van der Waals surface area contributed by atoms with Crippen molar-refractivity contribution in [2.45, 2.75) is 0 Å². The fraction of sp³-hybridized carbons (Fsp3) is 0. The lowest BCUT2D eigenvalue weighted by Crippen LogP contribution is -1.78. The largest absolute Gasteiger partial charge is 0.507 e. The topological polar surface area (TPSA) is 33.1 Å². The van der Waals surface area contributed by atoms with Gasteiger partial charge in [0.1, 0.15) is 5.75 Å². The van der Waals surface area contributed by atoms with E-state index in [-0.39, 0.29) is 5.75 Å². The van der Waals surface area contributed by atoms with Gasteiger partial charge >= 0.3 is 0 Å². The van der Waals surface area contributed by atoms with Crippen molar-refractivity contribution in [3.05, 3.63) is 33.6 Å². The highest BCUT2D eigenvalue weighted by Crippen LogP contribution is 2.34. The maximum Gasteiger partial charge on any atom is 0.125 e. The molecule has 2 rings (SSSR count). The third-order valence-corrected chi connectivity index (χ3v) is 3.23. The van der Waals surface area contributed by atoms with Gasteiger partial charge in [0.15, 0.2) is 0 Å². The molecular weight excluding hydrogens is 250 g/mol. The van der Waals surface area contributed by atoms with Crippen LogP contribution in [0.25, 0.3) is 11.3 Å². The van der Waals surface area contributed by atoms with Crippen LogP contribution in [0.5, 0.6) is 5.75 Å². The van der Waals surface area contributed by atoms with E-state index in [4.69, 9.17) is 0 Å². The van der Waals surface area contributed by atoms with Gasteiger partial charge in [0.25, 0.3) is 0 Å². The van der Waals surface area contributed by atoms with Crippen LogP contribution < -0.4 is 0 Å². The molecule has 2 nitrogen and oxygen atoms in total. The number of aromatic nitrogens is 1. The van der Waals surface area contributed by atoms with Crippen LogP contribution in [-0.2, 0) is 0 Å². The number of para-hydroxylation sites is 1. The zero-order valence-electron chi connectivity index (χ0n) is 6.57. The molecule has 1 aromatic carbocycles. The number of hydrogen-bond donors (Lipinski definition) is 1. The minimum Gasteiger partial charge on any atom is -0.507 e. The summed E-state index contributed by atoms with van der Waals surface area (Å²) >= 11 is 4.88. The van der Waals surface area contributed by atoms with E-state index in [1.807, 2.05) is 12.1 Å². The van der Waals surface area contributed by atoms with Gasteiger partial charge in [-0.3, -0.25) is 0 Å². The highest BCUT2D eigenvalue weighted by molar-refractivity contribution is 9.11. The SMILES string of the molecule is Oc1ccccc1-c1ncsc1Br. The van der Waals surface area contributed by atoms with Gasteiger partial charge < -0.3 is 5.11 Å². The van der Waals surface area contributed by atoms with Crippen molar-refractivity contribution < 1.29 is 5.11 Å². The molecule has 0 unspecified atom stereocenters. The van der Waals surface area contributed by atoms with E-state index in [1.54, 1.807) is 17.6 Å². The molecule has 0 bridgehead atoms. The summed E-state index contributed by atoms with van der Waals surface area (Å²) in [4.78, 5) is 4.16. The molecule has 0 spiro atoms. The number of benzene rings is 1. The Balaban J connectivity index is 2.59. The summed E-state index contributed by atoms with van der Waals surface area (Å²) in [6.45, 7) is 0. The molecular formula is C9H6BrNOS. The van der Waals surface area contributed by atoms with Crippen LogP contribution in [-0.4, -0.2) is 10.1 Å². The molecule has 2 aromatic rings. The van der Waals surface area contributed by atoms with E-state index < -0.39 is 0 Å². The van der Waals surface area contributed by atoms with Crippen LogP contribution in [0.4, 0.5) is 0 Å². The van der Waals surface area contributed by atoms with E-state index in [0.717, 1.165) is 15.0 Å². The summed E-state index contributed by atoms with van der Waals surface area (Å²) in [5.41, 5.74) is 3.30. The average molecular weight is 256 g/mol. The van der Waals surface area contributed by atoms with Crippen molar-refractivity contribution in [2.24, 2.45) is 0 Å². The summed E-state index contributed by atoms with van der Waals surface area (Å²) in [7, 11) is 0. The maximum absolute atomic E-state index is 9.55. The first kappa shape index (κ1) is 8.72. The smallest absolute Gasteiger partial charge is 0.125 e. The monoisotopic (exact) mass is 255 g/mol. The fourth-order valence-electron chi connectivity index (χ4n) is 1.08. The second-order valence-electron chi connectivity index (χ2n) is 2.49. The predicted molar refractivity (Wildman–Crippen MR) is 56.9 cm³/mol. The molecule has 1 aromatic heterocycles. The molecule has 0 saturated heterocycles. The number of thiazole rings is 1. The lowest BCUT2D eigenvalue weighted by molar-refractivity contribution is 0.477. The van der Waals surface area contributed by atoms with Crippen LogP contribution >= 0.6 is 27.3 Å². The number of rotatable bonds is 1. The second kappa shape index (κ2) is 3.47. The molecule has 4 heteroatoms. The Labute approximate surface area is 88.0 Å². The van der Waals surface area contributed by atoms with Gasteiger partial charge in [-0.25, -0.2) is 4.98 Å². The van der Waals surface area contributed by atoms with Crippen molar-refractivity contribution in [3.8, 4) is 17.0 Å². The molecule has 1 heterocycles. The molecule has 0 aliphatic rings. The Bertz CT molecular complexity index is 427. The summed E-state index contributed by atoms with van der Waals surface area (Å²) in [6, 6.07) is 7.16. The lowest BCUT2D eigenvalue weighted by atomic mass is 10.1. The molecule has 0 aliphatic carbocycles. The lowest BCUT2D eigenvalue weighted by Gasteiger charge is -2.00. The van der Waals surface area contributed by atoms with Crippen molar-refractivity contribution in [2.75, 3.05) is 0 Å². The average Bonchev–Trinajstić information content (AvgIpc) is 2.52. The highest BCUT2D eigenvalue weighted by atomic mass is 79.9. The van der Waals surface area contributed by atoms with Crippen LogP contribution in [0.3, 0.4) is 0 Å². The van der Waals surface area contributed by atoms with Gasteiger partial charge in [-0.15, -0.1) is 11.3 Å². The third kappa shape index (κ3) is 1.59. The van der Waals surface area contributed by atoms with E-state index in [0.29, 0.717) is 0 Å². The normalized spacial score (nSPS) is 10.2. The molecule has 0 atom stereocenters. The number of phenols is 1. The first-order valence-electron chi connectivity index (χ1n) is 3.66. The number of hydrogen-bond acceptors (Lipinski definition) is 3. The van der Waals surface area contributed by atoms with Crippen LogP contribution in [0.15, 0.2) is 33.6 Å². The molecule has 0 radical (unpaired) electrons. The number of aromatic hydroxyl groups is 1. The molecule has 0 aliphatic heterocycles. The van der Waals surface area contributed by atoms with Crippen LogP contribution in [0.1, 0.15) is 0 Å². The van der Waals surface area contributed by atoms with Crippen LogP contribution in [0.2, 0.25) is 0 Å². The molecule has 0 amide bonds. The first-order valence-corrected chi connectivity index (χ1v) is 5.33. The first-order chi connectivity index (χ1) is 6.29. The number of halogens is 1. The Morgan fingerprint density at radius 3 is 2.69 bits per heavy atom. The molecule has 66 valence electrons. The molecule has 1 N–H and O–H groups in total. The van der Waals surface area contributed by atoms with Crippen molar-refractivity contribution >= 4 is 27.3 Å². The van der Waals surface area contributed by atoms with Crippen molar-refractivity contribution in [3.63, 3.8) is 0 Å². The minimum atomic E-state index is 0.258. The highest BCUT2D eigenvalue weighted by Gasteiger charge is 2.09. The summed E-state index contributed by atoms with van der Waals surface area (Å²) in [5.74, 6) is 0.258. The zero-order chi connectivity index (χ0) is 9.26. The molecule has 0 saturated carbocycles. The van der Waals surface area contributed by atoms with Gasteiger partial charge in [-0.2, -0.15) is 0 Å². The third-order valence-electron chi connectivity index (χ3n) is 1.68. The zero-order valence-corrected chi connectivity index (χ0v) is 8.97. The van der Waals surface area contributed by atoms with E-state index in [2.05, 4.69) is 20.9 Å². The predicted octanol–water partition coefficient (Wildman–Crippen LogP) is 3.28. The number of phenolic OH excluding ortho intramolecular Hbond substituents is 1. The van der Waals surface area contributed by atoms with Gasteiger partial charge in [0, 0.05) is 5.56 Å². The van der Waals surface area contributed by atoms with Gasteiger partial charge in [-0.05, 0) is 28.1 Å². The van der Waals surface area contributed by atoms with Crippen LogP contribution in [0, 0.1) is 0 Å². The van der Waals surface area contributed by atoms with Crippen molar-refractivity contribution in [1.82, 2.24) is 4.98 Å².